The summed E-state index contributed by atoms with van der Waals surface area (Å²) < 4.78 is 5.13. The molecule has 2 aromatic rings. The lowest BCUT2D eigenvalue weighted by atomic mass is 10.1. The molecule has 3 rings (SSSR count). The number of amides is 2. The highest BCUT2D eigenvalue weighted by molar-refractivity contribution is 5.99. The lowest BCUT2D eigenvalue weighted by molar-refractivity contribution is 0.0721. The Morgan fingerprint density at radius 3 is 2.61 bits per heavy atom. The van der Waals surface area contributed by atoms with Crippen molar-refractivity contribution in [3.63, 3.8) is 0 Å². The first-order chi connectivity index (χ1) is 13.7. The minimum atomic E-state index is -0.236. The molecule has 1 unspecified atom stereocenters. The minimum Gasteiger partial charge on any atom is -0.385 e. The smallest absolute Gasteiger partial charge is 0.256 e. The van der Waals surface area contributed by atoms with Crippen LogP contribution in [0.3, 0.4) is 0 Å². The summed E-state index contributed by atoms with van der Waals surface area (Å²) in [6.07, 6.45) is 1.44. The van der Waals surface area contributed by atoms with Gasteiger partial charge in [-0.2, -0.15) is 0 Å². The molecule has 1 aliphatic heterocycles. The molecule has 0 spiro atoms. The van der Waals surface area contributed by atoms with Gasteiger partial charge in [0.25, 0.3) is 11.8 Å². The van der Waals surface area contributed by atoms with Crippen molar-refractivity contribution in [1.29, 1.82) is 0 Å². The number of rotatable bonds is 9. The maximum absolute atomic E-state index is 12.8. The predicted molar refractivity (Wildman–Crippen MR) is 109 cm³/mol. The molecule has 28 heavy (non-hydrogen) atoms. The van der Waals surface area contributed by atoms with Crippen molar-refractivity contribution >= 4 is 17.5 Å². The van der Waals surface area contributed by atoms with Gasteiger partial charge in [-0.05, 0) is 43.2 Å². The number of carbonyl (C=O) groups is 2. The first-order valence-corrected chi connectivity index (χ1v) is 9.69. The Balaban J connectivity index is 1.76. The molecule has 0 aliphatic carbocycles. The Kier molecular flexibility index (Phi) is 6.66. The number of nitrogens with zero attached hydrogens (tertiary/aromatic N) is 1. The van der Waals surface area contributed by atoms with E-state index in [0.29, 0.717) is 25.3 Å². The first kappa shape index (κ1) is 19.9. The zero-order valence-electron chi connectivity index (χ0n) is 16.4. The number of hydrogen-bond acceptors (Lipinski definition) is 4. The molecule has 2 N–H and O–H groups in total. The molecule has 0 aromatic heterocycles. The summed E-state index contributed by atoms with van der Waals surface area (Å²) in [5.74, 6) is -0.0456. The van der Waals surface area contributed by atoms with E-state index in [-0.39, 0.29) is 18.0 Å². The Bertz CT molecular complexity index is 820. The summed E-state index contributed by atoms with van der Waals surface area (Å²) in [5, 5.41) is 6.32. The number of methoxy groups -OCH3 is 1. The van der Waals surface area contributed by atoms with Crippen molar-refractivity contribution in [2.24, 2.45) is 0 Å². The third-order valence-corrected chi connectivity index (χ3v) is 4.79. The Labute approximate surface area is 165 Å². The van der Waals surface area contributed by atoms with Crippen LogP contribution in [0.4, 0.5) is 5.69 Å². The molecule has 1 heterocycles. The van der Waals surface area contributed by atoms with E-state index in [1.807, 2.05) is 48.2 Å². The second-order valence-corrected chi connectivity index (χ2v) is 6.81. The Morgan fingerprint density at radius 2 is 1.89 bits per heavy atom. The molecule has 2 amide bonds. The van der Waals surface area contributed by atoms with Crippen LogP contribution < -0.4 is 10.6 Å². The van der Waals surface area contributed by atoms with Crippen LogP contribution in [0.25, 0.3) is 0 Å². The normalized spacial score (nSPS) is 15.4. The molecule has 0 saturated carbocycles. The van der Waals surface area contributed by atoms with Crippen LogP contribution in [-0.4, -0.2) is 43.5 Å². The summed E-state index contributed by atoms with van der Waals surface area (Å²) in [4.78, 5) is 26.7. The molecule has 6 nitrogen and oxygen atoms in total. The van der Waals surface area contributed by atoms with Gasteiger partial charge in [0.2, 0.25) is 0 Å². The van der Waals surface area contributed by atoms with Gasteiger partial charge in [0.05, 0.1) is 0 Å². The lowest BCUT2D eigenvalue weighted by Gasteiger charge is -2.27. The average Bonchev–Trinajstić information content (AvgIpc) is 2.99. The number of anilines is 1. The summed E-state index contributed by atoms with van der Waals surface area (Å²) in [6.45, 7) is 3.90. The van der Waals surface area contributed by atoms with Crippen LogP contribution in [-0.2, 0) is 4.74 Å². The third-order valence-electron chi connectivity index (χ3n) is 4.79. The third kappa shape index (κ3) is 4.34. The van der Waals surface area contributed by atoms with Gasteiger partial charge in [-0.1, -0.05) is 25.1 Å². The highest BCUT2D eigenvalue weighted by atomic mass is 16.5. The van der Waals surface area contributed by atoms with Crippen molar-refractivity contribution in [3.8, 4) is 0 Å². The van der Waals surface area contributed by atoms with E-state index in [4.69, 9.17) is 4.74 Å². The molecular weight excluding hydrogens is 354 g/mol. The zero-order chi connectivity index (χ0) is 19.9. The van der Waals surface area contributed by atoms with Crippen molar-refractivity contribution in [1.82, 2.24) is 10.2 Å². The van der Waals surface area contributed by atoms with Crippen LogP contribution >= 0.6 is 0 Å². The quantitative estimate of drug-likeness (QED) is 0.653. The van der Waals surface area contributed by atoms with Crippen LogP contribution in [0.2, 0.25) is 0 Å². The maximum atomic E-state index is 12.8. The van der Waals surface area contributed by atoms with E-state index in [2.05, 4.69) is 10.6 Å². The molecule has 6 heteroatoms. The minimum absolute atomic E-state index is 0.0276. The van der Waals surface area contributed by atoms with Gasteiger partial charge < -0.3 is 20.3 Å². The standard InChI is InChI=1S/C22H27N3O3/c1-3-13-23-21(26)16-9-11-17(12-10-16)24-20-18-7-4-5-8-19(18)22(27)25(20)14-6-15-28-2/h4-5,7-12,20,24H,3,6,13-15H2,1-2H3,(H,23,26). The van der Waals surface area contributed by atoms with Crippen LogP contribution in [0.5, 0.6) is 0 Å². The maximum Gasteiger partial charge on any atom is 0.256 e. The molecule has 148 valence electrons. The topological polar surface area (TPSA) is 70.7 Å². The molecule has 2 aromatic carbocycles. The van der Waals surface area contributed by atoms with E-state index in [1.165, 1.54) is 0 Å². The highest BCUT2D eigenvalue weighted by Crippen LogP contribution is 2.34. The van der Waals surface area contributed by atoms with Gasteiger partial charge in [0.1, 0.15) is 6.17 Å². The van der Waals surface area contributed by atoms with Crippen molar-refractivity contribution < 1.29 is 14.3 Å². The van der Waals surface area contributed by atoms with Gasteiger partial charge in [-0.3, -0.25) is 9.59 Å². The van der Waals surface area contributed by atoms with Gasteiger partial charge in [0.15, 0.2) is 0 Å². The molecule has 0 saturated heterocycles. The monoisotopic (exact) mass is 381 g/mol. The Morgan fingerprint density at radius 1 is 1.14 bits per heavy atom. The van der Waals surface area contributed by atoms with Crippen molar-refractivity contribution in [3.05, 3.63) is 65.2 Å². The van der Waals surface area contributed by atoms with E-state index >= 15 is 0 Å². The number of carbonyl (C=O) groups excluding carboxylic acids is 2. The molecule has 1 atom stereocenters. The van der Waals surface area contributed by atoms with E-state index in [0.717, 1.165) is 29.7 Å². The van der Waals surface area contributed by atoms with Crippen molar-refractivity contribution in [2.45, 2.75) is 25.9 Å². The number of nitrogens with one attached hydrogen (secondary N) is 2. The van der Waals surface area contributed by atoms with E-state index in [1.54, 1.807) is 19.2 Å². The number of hydrogen-bond donors (Lipinski definition) is 2. The van der Waals surface area contributed by atoms with Gasteiger partial charge in [-0.25, -0.2) is 0 Å². The van der Waals surface area contributed by atoms with Gasteiger partial charge in [0, 0.05) is 49.2 Å². The lowest BCUT2D eigenvalue weighted by Crippen LogP contribution is -2.33. The fourth-order valence-corrected chi connectivity index (χ4v) is 3.35. The molecule has 0 radical (unpaired) electrons. The predicted octanol–water partition coefficient (Wildman–Crippen LogP) is 3.43. The molecule has 0 bridgehead atoms. The van der Waals surface area contributed by atoms with E-state index in [9.17, 15) is 9.59 Å². The second-order valence-electron chi connectivity index (χ2n) is 6.81. The van der Waals surface area contributed by atoms with Crippen molar-refractivity contribution in [2.75, 3.05) is 32.1 Å². The highest BCUT2D eigenvalue weighted by Gasteiger charge is 2.35. The number of ether oxygens (including phenoxy) is 1. The summed E-state index contributed by atoms with van der Waals surface area (Å²) >= 11 is 0. The second kappa shape index (κ2) is 9.37. The first-order valence-electron chi connectivity index (χ1n) is 9.69. The zero-order valence-corrected chi connectivity index (χ0v) is 16.4. The fraction of sp³-hybridized carbons (Fsp3) is 0.364. The molecule has 1 aliphatic rings. The summed E-state index contributed by atoms with van der Waals surface area (Å²) in [7, 11) is 1.66. The average molecular weight is 381 g/mol. The van der Waals surface area contributed by atoms with Crippen LogP contribution in [0.1, 0.15) is 52.2 Å². The Hall–Kier alpha value is -2.86. The molecule has 0 fully saturated rings. The number of benzene rings is 2. The fourth-order valence-electron chi connectivity index (χ4n) is 3.35. The largest absolute Gasteiger partial charge is 0.385 e. The van der Waals surface area contributed by atoms with E-state index < -0.39 is 0 Å². The molecular formula is C22H27N3O3. The van der Waals surface area contributed by atoms with Gasteiger partial charge in [-0.15, -0.1) is 0 Å². The number of fused-ring (bicyclic) bond motifs is 1. The van der Waals surface area contributed by atoms with Crippen LogP contribution in [0.15, 0.2) is 48.5 Å². The van der Waals surface area contributed by atoms with Gasteiger partial charge >= 0.3 is 0 Å². The SMILES string of the molecule is CCCNC(=O)c1ccc(NC2c3ccccc3C(=O)N2CCCOC)cc1. The van der Waals surface area contributed by atoms with Crippen LogP contribution in [0, 0.1) is 0 Å². The summed E-state index contributed by atoms with van der Waals surface area (Å²) in [6, 6.07) is 15.0. The summed E-state index contributed by atoms with van der Waals surface area (Å²) in [5.41, 5.74) is 3.18.